The number of likely N-dealkylation sites (N-methyl/N-ethyl adjacent to an activating group) is 1. The Kier molecular flexibility index (Phi) is 5.54. The van der Waals surface area contributed by atoms with E-state index in [1.54, 1.807) is 4.31 Å². The van der Waals surface area contributed by atoms with Crippen LogP contribution in [0.15, 0.2) is 4.90 Å². The fourth-order valence-electron chi connectivity index (χ4n) is 3.39. The van der Waals surface area contributed by atoms with Crippen LogP contribution in [0.1, 0.15) is 47.6 Å². The van der Waals surface area contributed by atoms with Crippen LogP contribution >= 0.6 is 0 Å². The lowest BCUT2D eigenvalue weighted by molar-refractivity contribution is 0.0946. The minimum Gasteiger partial charge on any atom is -0.377 e. The summed E-state index contributed by atoms with van der Waals surface area (Å²) in [5.74, 6) is 0. The molecule has 5 heteroatoms. The van der Waals surface area contributed by atoms with Crippen molar-refractivity contribution in [3.05, 3.63) is 27.8 Å². The molecule has 1 aliphatic rings. The number of sulfonamides is 1. The van der Waals surface area contributed by atoms with Gasteiger partial charge in [-0.3, -0.25) is 0 Å². The molecular formula is C18H29NO3S. The number of ether oxygens (including phenoxy) is 1. The summed E-state index contributed by atoms with van der Waals surface area (Å²) in [5, 5.41) is 0. The predicted molar refractivity (Wildman–Crippen MR) is 93.5 cm³/mol. The van der Waals surface area contributed by atoms with Crippen LogP contribution in [0.3, 0.4) is 0 Å². The average molecular weight is 340 g/mol. The highest BCUT2D eigenvalue weighted by atomic mass is 32.2. The van der Waals surface area contributed by atoms with Crippen molar-refractivity contribution in [2.45, 2.75) is 65.4 Å². The van der Waals surface area contributed by atoms with E-state index in [1.807, 2.05) is 34.6 Å². The number of benzene rings is 1. The summed E-state index contributed by atoms with van der Waals surface area (Å²) in [6.07, 6.45) is 1.98. The number of nitrogens with zero attached hydrogens (tertiary/aromatic N) is 1. The smallest absolute Gasteiger partial charge is 0.243 e. The first-order valence-electron chi connectivity index (χ1n) is 8.40. The molecule has 1 aliphatic heterocycles. The molecule has 0 unspecified atom stereocenters. The molecule has 1 fully saturated rings. The van der Waals surface area contributed by atoms with E-state index < -0.39 is 10.0 Å². The first-order valence-corrected chi connectivity index (χ1v) is 9.84. The van der Waals surface area contributed by atoms with Crippen molar-refractivity contribution in [2.75, 3.05) is 19.7 Å². The second-order valence-corrected chi connectivity index (χ2v) is 8.42. The quantitative estimate of drug-likeness (QED) is 0.826. The van der Waals surface area contributed by atoms with Gasteiger partial charge in [-0.15, -0.1) is 0 Å². The van der Waals surface area contributed by atoms with Crippen LogP contribution in [0, 0.1) is 34.6 Å². The molecule has 0 aliphatic carbocycles. The van der Waals surface area contributed by atoms with Gasteiger partial charge in [0.2, 0.25) is 10.0 Å². The summed E-state index contributed by atoms with van der Waals surface area (Å²) in [6, 6.07) is 0. The number of rotatable bonds is 5. The molecule has 0 radical (unpaired) electrons. The van der Waals surface area contributed by atoms with Gasteiger partial charge in [0.1, 0.15) is 0 Å². The molecule has 1 atom stereocenters. The first-order chi connectivity index (χ1) is 10.7. The van der Waals surface area contributed by atoms with Crippen molar-refractivity contribution in [1.82, 2.24) is 4.31 Å². The summed E-state index contributed by atoms with van der Waals surface area (Å²) in [7, 11) is -3.51. The minimum absolute atomic E-state index is 0.0259. The van der Waals surface area contributed by atoms with Gasteiger partial charge in [-0.2, -0.15) is 4.31 Å². The third-order valence-corrected chi connectivity index (χ3v) is 7.53. The van der Waals surface area contributed by atoms with Crippen molar-refractivity contribution in [2.24, 2.45) is 0 Å². The fraction of sp³-hybridized carbons (Fsp3) is 0.667. The summed E-state index contributed by atoms with van der Waals surface area (Å²) in [4.78, 5) is 0.484. The maximum Gasteiger partial charge on any atom is 0.243 e. The Balaban J connectivity index is 2.49. The number of hydrogen-bond donors (Lipinski definition) is 0. The Morgan fingerprint density at radius 1 is 1.00 bits per heavy atom. The molecule has 1 saturated heterocycles. The molecule has 2 rings (SSSR count). The normalized spacial score (nSPS) is 18.8. The van der Waals surface area contributed by atoms with E-state index >= 15 is 0 Å². The van der Waals surface area contributed by atoms with Gasteiger partial charge in [-0.1, -0.05) is 6.92 Å². The standard InChI is InChI=1S/C18H29NO3S/c1-7-19(11-17-9-8-10-22-17)23(20,21)18-15(5)13(3)12(2)14(4)16(18)6/h17H,7-11H2,1-6H3/t17-/m1/s1. The lowest BCUT2D eigenvalue weighted by atomic mass is 9.95. The van der Waals surface area contributed by atoms with Crippen LogP contribution in [0.5, 0.6) is 0 Å². The van der Waals surface area contributed by atoms with Crippen LogP contribution in [0.2, 0.25) is 0 Å². The van der Waals surface area contributed by atoms with Crippen molar-refractivity contribution >= 4 is 10.0 Å². The van der Waals surface area contributed by atoms with Crippen molar-refractivity contribution in [3.63, 3.8) is 0 Å². The molecule has 0 bridgehead atoms. The molecular weight excluding hydrogens is 310 g/mol. The predicted octanol–water partition coefficient (Wildman–Crippen LogP) is 3.42. The Hall–Kier alpha value is -0.910. The minimum atomic E-state index is -3.51. The molecule has 1 aromatic rings. The zero-order valence-electron chi connectivity index (χ0n) is 15.2. The zero-order valence-corrected chi connectivity index (χ0v) is 16.0. The molecule has 0 N–H and O–H groups in total. The van der Waals surface area contributed by atoms with Gasteiger partial charge in [-0.25, -0.2) is 8.42 Å². The van der Waals surface area contributed by atoms with Crippen LogP contribution in [-0.4, -0.2) is 38.5 Å². The monoisotopic (exact) mass is 339 g/mol. The van der Waals surface area contributed by atoms with Crippen molar-refractivity contribution < 1.29 is 13.2 Å². The van der Waals surface area contributed by atoms with Crippen LogP contribution < -0.4 is 0 Å². The molecule has 1 aromatic carbocycles. The van der Waals surface area contributed by atoms with Gasteiger partial charge >= 0.3 is 0 Å². The lowest BCUT2D eigenvalue weighted by Crippen LogP contribution is -2.38. The van der Waals surface area contributed by atoms with Gasteiger partial charge in [0.15, 0.2) is 0 Å². The average Bonchev–Trinajstić information content (AvgIpc) is 3.01. The van der Waals surface area contributed by atoms with Crippen LogP contribution in [-0.2, 0) is 14.8 Å². The maximum absolute atomic E-state index is 13.3. The van der Waals surface area contributed by atoms with E-state index in [-0.39, 0.29) is 6.10 Å². The van der Waals surface area contributed by atoms with Crippen molar-refractivity contribution in [1.29, 1.82) is 0 Å². The summed E-state index contributed by atoms with van der Waals surface area (Å²) >= 11 is 0. The number of hydrogen-bond acceptors (Lipinski definition) is 3. The Labute approximate surface area is 140 Å². The summed E-state index contributed by atoms with van der Waals surface area (Å²) in [5.41, 5.74) is 5.06. The van der Waals surface area contributed by atoms with Gasteiger partial charge in [0, 0.05) is 19.7 Å². The van der Waals surface area contributed by atoms with E-state index in [9.17, 15) is 8.42 Å². The Morgan fingerprint density at radius 2 is 1.52 bits per heavy atom. The van der Waals surface area contributed by atoms with Gasteiger partial charge in [0.05, 0.1) is 11.0 Å². The molecule has 4 nitrogen and oxygen atoms in total. The topological polar surface area (TPSA) is 46.6 Å². The third kappa shape index (κ3) is 3.32. The van der Waals surface area contributed by atoms with E-state index in [2.05, 4.69) is 6.92 Å². The third-order valence-electron chi connectivity index (χ3n) is 5.31. The molecule has 23 heavy (non-hydrogen) atoms. The molecule has 130 valence electrons. The largest absolute Gasteiger partial charge is 0.377 e. The Morgan fingerprint density at radius 3 is 1.96 bits per heavy atom. The van der Waals surface area contributed by atoms with Crippen LogP contribution in [0.25, 0.3) is 0 Å². The van der Waals surface area contributed by atoms with Gasteiger partial charge in [-0.05, 0) is 75.3 Å². The van der Waals surface area contributed by atoms with Crippen molar-refractivity contribution in [3.8, 4) is 0 Å². The maximum atomic E-state index is 13.3. The second-order valence-electron chi connectivity index (χ2n) is 6.54. The molecule has 0 aromatic heterocycles. The highest BCUT2D eigenvalue weighted by Crippen LogP contribution is 2.32. The second kappa shape index (κ2) is 6.91. The lowest BCUT2D eigenvalue weighted by Gasteiger charge is -2.27. The SMILES string of the molecule is CCN(C[C@H]1CCCO1)S(=O)(=O)c1c(C)c(C)c(C)c(C)c1C. The van der Waals surface area contributed by atoms with Gasteiger partial charge in [0.25, 0.3) is 0 Å². The van der Waals surface area contributed by atoms with E-state index in [1.165, 1.54) is 5.56 Å². The Bertz CT molecular complexity index is 660. The molecule has 0 spiro atoms. The van der Waals surface area contributed by atoms with E-state index in [4.69, 9.17) is 4.74 Å². The highest BCUT2D eigenvalue weighted by molar-refractivity contribution is 7.89. The molecule has 0 saturated carbocycles. The summed E-state index contributed by atoms with van der Waals surface area (Å²) in [6.45, 7) is 13.5. The zero-order chi connectivity index (χ0) is 17.4. The fourth-order valence-corrected chi connectivity index (χ4v) is 5.43. The highest BCUT2D eigenvalue weighted by Gasteiger charge is 2.31. The first kappa shape index (κ1) is 18.4. The summed E-state index contributed by atoms with van der Waals surface area (Å²) < 4.78 is 33.8. The molecule has 1 heterocycles. The van der Waals surface area contributed by atoms with E-state index in [0.29, 0.717) is 18.0 Å². The van der Waals surface area contributed by atoms with Crippen LogP contribution in [0.4, 0.5) is 0 Å². The molecule has 0 amide bonds. The van der Waals surface area contributed by atoms with E-state index in [0.717, 1.165) is 41.7 Å². The van der Waals surface area contributed by atoms with Gasteiger partial charge < -0.3 is 4.74 Å².